The van der Waals surface area contributed by atoms with E-state index in [-0.39, 0.29) is 22.8 Å². The maximum Gasteiger partial charge on any atom is 0.350 e. The van der Waals surface area contributed by atoms with Gasteiger partial charge in [0.1, 0.15) is 4.88 Å². The maximum absolute atomic E-state index is 11.8. The van der Waals surface area contributed by atoms with Gasteiger partial charge in [0.2, 0.25) is 5.91 Å². The van der Waals surface area contributed by atoms with E-state index in [9.17, 15) is 14.4 Å². The van der Waals surface area contributed by atoms with Crippen LogP contribution in [-0.4, -0.2) is 46.6 Å². The van der Waals surface area contributed by atoms with Gasteiger partial charge in [-0.2, -0.15) is 0 Å². The Hall–Kier alpha value is -1.61. The summed E-state index contributed by atoms with van der Waals surface area (Å²) in [5.74, 6) is -1.98. The number of nitrogens with one attached hydrogen (secondary N) is 1. The lowest BCUT2D eigenvalue weighted by atomic mass is 9.91. The number of esters is 1. The van der Waals surface area contributed by atoms with Crippen molar-refractivity contribution in [3.8, 4) is 0 Å². The third kappa shape index (κ3) is 5.30. The van der Waals surface area contributed by atoms with Crippen molar-refractivity contribution < 1.29 is 24.2 Å². The first-order valence-electron chi connectivity index (χ1n) is 6.34. The summed E-state index contributed by atoms with van der Waals surface area (Å²) in [7, 11) is 1.29. The molecule has 0 radical (unpaired) electrons. The van der Waals surface area contributed by atoms with E-state index in [0.29, 0.717) is 15.7 Å². The zero-order chi connectivity index (χ0) is 16.9. The highest BCUT2D eigenvalue weighted by molar-refractivity contribution is 8.00. The van der Waals surface area contributed by atoms with Gasteiger partial charge >= 0.3 is 11.9 Å². The molecule has 0 aliphatic carbocycles. The summed E-state index contributed by atoms with van der Waals surface area (Å²) in [6, 6.07) is 0. The Morgan fingerprint density at radius 1 is 1.32 bits per heavy atom. The summed E-state index contributed by atoms with van der Waals surface area (Å²) in [5.41, 5.74) is 0.180. The first kappa shape index (κ1) is 18.4. The van der Waals surface area contributed by atoms with Gasteiger partial charge in [-0.1, -0.05) is 32.1 Å². The van der Waals surface area contributed by atoms with E-state index in [1.54, 1.807) is 0 Å². The van der Waals surface area contributed by atoms with E-state index in [1.807, 2.05) is 20.8 Å². The SMILES string of the molecule is COC(=O)c1sc(NC(=O)CSCC(=O)O)nc1C(C)(C)C. The van der Waals surface area contributed by atoms with Crippen LogP contribution in [-0.2, 0) is 19.7 Å². The van der Waals surface area contributed by atoms with Crippen molar-refractivity contribution in [3.05, 3.63) is 10.6 Å². The van der Waals surface area contributed by atoms with Crippen molar-refractivity contribution in [2.45, 2.75) is 26.2 Å². The molecule has 0 aromatic carbocycles. The number of amides is 1. The first-order chi connectivity index (χ1) is 10.1. The number of anilines is 1. The predicted molar refractivity (Wildman–Crippen MR) is 85.7 cm³/mol. The summed E-state index contributed by atoms with van der Waals surface area (Å²) in [6.45, 7) is 5.72. The number of rotatable bonds is 6. The fourth-order valence-electron chi connectivity index (χ4n) is 1.50. The Morgan fingerprint density at radius 2 is 1.95 bits per heavy atom. The van der Waals surface area contributed by atoms with Crippen LogP contribution in [0.1, 0.15) is 36.1 Å². The minimum atomic E-state index is -0.977. The number of aliphatic carboxylic acids is 1. The van der Waals surface area contributed by atoms with Gasteiger partial charge in [-0.15, -0.1) is 11.8 Å². The second kappa shape index (κ2) is 7.59. The Labute approximate surface area is 136 Å². The van der Waals surface area contributed by atoms with Gasteiger partial charge in [0.25, 0.3) is 0 Å². The van der Waals surface area contributed by atoms with Crippen LogP contribution in [0.4, 0.5) is 5.13 Å². The first-order valence-corrected chi connectivity index (χ1v) is 8.31. The van der Waals surface area contributed by atoms with Crippen molar-refractivity contribution in [2.24, 2.45) is 0 Å². The van der Waals surface area contributed by atoms with E-state index in [1.165, 1.54) is 7.11 Å². The molecule has 0 saturated heterocycles. The number of carbonyl (C=O) groups is 3. The molecule has 22 heavy (non-hydrogen) atoms. The number of nitrogens with zero attached hydrogens (tertiary/aromatic N) is 1. The minimum absolute atomic E-state index is 0.00425. The van der Waals surface area contributed by atoms with Crippen LogP contribution in [0.2, 0.25) is 0 Å². The number of ether oxygens (including phenoxy) is 1. The van der Waals surface area contributed by atoms with E-state index in [2.05, 4.69) is 10.3 Å². The molecule has 0 atom stereocenters. The molecule has 122 valence electrons. The van der Waals surface area contributed by atoms with Gasteiger partial charge in [0.15, 0.2) is 5.13 Å². The molecular formula is C13H18N2O5S2. The zero-order valence-electron chi connectivity index (χ0n) is 12.8. The smallest absolute Gasteiger partial charge is 0.350 e. The topological polar surface area (TPSA) is 106 Å². The van der Waals surface area contributed by atoms with Crippen LogP contribution in [0.15, 0.2) is 0 Å². The average Bonchev–Trinajstić information content (AvgIpc) is 2.81. The summed E-state index contributed by atoms with van der Waals surface area (Å²) in [5, 5.41) is 11.4. The van der Waals surface area contributed by atoms with Crippen LogP contribution < -0.4 is 5.32 Å². The lowest BCUT2D eigenvalue weighted by molar-refractivity contribution is -0.133. The molecular weight excluding hydrogens is 328 g/mol. The number of carboxylic acid groups (broad SMARTS) is 1. The Bertz CT molecular complexity index is 577. The number of carbonyl (C=O) groups excluding carboxylic acids is 2. The molecule has 0 bridgehead atoms. The Morgan fingerprint density at radius 3 is 2.45 bits per heavy atom. The van der Waals surface area contributed by atoms with E-state index >= 15 is 0 Å². The van der Waals surface area contributed by atoms with Crippen molar-refractivity contribution in [1.29, 1.82) is 0 Å². The second-order valence-corrected chi connectivity index (χ2v) is 7.36. The van der Waals surface area contributed by atoms with Gasteiger partial charge in [-0.25, -0.2) is 9.78 Å². The molecule has 0 saturated carbocycles. The highest BCUT2D eigenvalue weighted by Gasteiger charge is 2.28. The zero-order valence-corrected chi connectivity index (χ0v) is 14.4. The molecule has 0 unspecified atom stereocenters. The molecule has 0 fully saturated rings. The Kier molecular flexibility index (Phi) is 6.36. The van der Waals surface area contributed by atoms with Gasteiger partial charge in [-0.05, 0) is 0 Å². The fraction of sp³-hybridized carbons (Fsp3) is 0.538. The normalized spacial score (nSPS) is 11.1. The monoisotopic (exact) mass is 346 g/mol. The quantitative estimate of drug-likeness (QED) is 0.759. The molecule has 0 aliphatic rings. The van der Waals surface area contributed by atoms with Crippen LogP contribution in [0.3, 0.4) is 0 Å². The second-order valence-electron chi connectivity index (χ2n) is 5.37. The number of aromatic nitrogens is 1. The van der Waals surface area contributed by atoms with Crippen LogP contribution in [0.25, 0.3) is 0 Å². The van der Waals surface area contributed by atoms with Gasteiger partial charge in [0.05, 0.1) is 24.3 Å². The Balaban J connectivity index is 2.84. The highest BCUT2D eigenvalue weighted by Crippen LogP contribution is 2.32. The minimum Gasteiger partial charge on any atom is -0.481 e. The number of methoxy groups -OCH3 is 1. The number of thioether (sulfide) groups is 1. The molecule has 1 amide bonds. The number of hydrogen-bond donors (Lipinski definition) is 2. The van der Waals surface area contributed by atoms with Crippen LogP contribution in [0, 0.1) is 0 Å². The fourth-order valence-corrected chi connectivity index (χ4v) is 3.14. The molecule has 7 nitrogen and oxygen atoms in total. The van der Waals surface area contributed by atoms with Crippen LogP contribution in [0.5, 0.6) is 0 Å². The molecule has 1 heterocycles. The van der Waals surface area contributed by atoms with E-state index in [0.717, 1.165) is 23.1 Å². The maximum atomic E-state index is 11.8. The summed E-state index contributed by atoms with van der Waals surface area (Å²) < 4.78 is 4.73. The number of hydrogen-bond acceptors (Lipinski definition) is 7. The number of thiazole rings is 1. The van der Waals surface area contributed by atoms with Gasteiger partial charge in [-0.3, -0.25) is 9.59 Å². The third-order valence-corrected chi connectivity index (χ3v) is 4.28. The molecule has 1 aromatic rings. The molecule has 1 aromatic heterocycles. The molecule has 1 rings (SSSR count). The number of carboxylic acids is 1. The predicted octanol–water partition coefficient (Wildman–Crippen LogP) is 1.98. The molecule has 0 spiro atoms. The van der Waals surface area contributed by atoms with E-state index in [4.69, 9.17) is 9.84 Å². The molecule has 0 aliphatic heterocycles. The standard InChI is InChI=1S/C13H18N2O5S2/c1-13(2,3)10-9(11(19)20-4)22-12(15-10)14-7(16)5-21-6-8(17)18/h5-6H2,1-4H3,(H,17,18)(H,14,15,16). The third-order valence-electron chi connectivity index (χ3n) is 2.41. The van der Waals surface area contributed by atoms with Gasteiger partial charge in [0, 0.05) is 5.41 Å². The molecule has 2 N–H and O–H groups in total. The van der Waals surface area contributed by atoms with Crippen LogP contribution >= 0.6 is 23.1 Å². The largest absolute Gasteiger partial charge is 0.481 e. The lowest BCUT2D eigenvalue weighted by Crippen LogP contribution is -2.18. The summed E-state index contributed by atoms with van der Waals surface area (Å²) >= 11 is 2.03. The molecule has 9 heteroatoms. The van der Waals surface area contributed by atoms with E-state index < -0.39 is 11.9 Å². The summed E-state index contributed by atoms with van der Waals surface area (Å²) in [6.07, 6.45) is 0. The van der Waals surface area contributed by atoms with Crippen molar-refractivity contribution in [1.82, 2.24) is 4.98 Å². The van der Waals surface area contributed by atoms with Crippen molar-refractivity contribution in [3.63, 3.8) is 0 Å². The highest BCUT2D eigenvalue weighted by atomic mass is 32.2. The average molecular weight is 346 g/mol. The summed E-state index contributed by atoms with van der Waals surface area (Å²) in [4.78, 5) is 38.6. The van der Waals surface area contributed by atoms with Gasteiger partial charge < -0.3 is 15.2 Å². The lowest BCUT2D eigenvalue weighted by Gasteiger charge is -2.16. The van der Waals surface area contributed by atoms with Crippen molar-refractivity contribution in [2.75, 3.05) is 23.9 Å². The van der Waals surface area contributed by atoms with Crippen molar-refractivity contribution >= 4 is 46.1 Å².